The van der Waals surface area contributed by atoms with E-state index in [0.29, 0.717) is 12.0 Å². The molecule has 1 rings (SSSR count). The maximum Gasteiger partial charge on any atom is 0.126 e. The number of halogens is 1. The molecule has 0 radical (unpaired) electrons. The van der Waals surface area contributed by atoms with Gasteiger partial charge in [0.25, 0.3) is 0 Å². The summed E-state index contributed by atoms with van der Waals surface area (Å²) in [5.74, 6) is -0.263. The Bertz CT molecular complexity index is 252. The lowest BCUT2D eigenvalue weighted by Crippen LogP contribution is -2.27. The first-order chi connectivity index (χ1) is 5.74. The van der Waals surface area contributed by atoms with Crippen molar-refractivity contribution in [2.75, 3.05) is 6.61 Å². The van der Waals surface area contributed by atoms with Crippen LogP contribution in [0.3, 0.4) is 0 Å². The Morgan fingerprint density at radius 1 is 1.42 bits per heavy atom. The van der Waals surface area contributed by atoms with Gasteiger partial charge in [-0.25, -0.2) is 4.39 Å². The van der Waals surface area contributed by atoms with Crippen LogP contribution in [0.5, 0.6) is 0 Å². The van der Waals surface area contributed by atoms with Crippen LogP contribution < -0.4 is 5.73 Å². The highest BCUT2D eigenvalue weighted by Crippen LogP contribution is 2.07. The van der Waals surface area contributed by atoms with Crippen molar-refractivity contribution in [3.05, 3.63) is 35.6 Å². The average Bonchev–Trinajstić information content (AvgIpc) is 2.09. The molecule has 1 aromatic rings. The summed E-state index contributed by atoms with van der Waals surface area (Å²) in [6, 6.07) is 6.07. The summed E-state index contributed by atoms with van der Waals surface area (Å²) in [5, 5.41) is 8.64. The predicted molar refractivity (Wildman–Crippen MR) is 45.2 cm³/mol. The number of aliphatic hydroxyl groups excluding tert-OH is 1. The molecule has 0 heterocycles. The monoisotopic (exact) mass is 169 g/mol. The van der Waals surface area contributed by atoms with Crippen LogP contribution in [0.2, 0.25) is 0 Å². The van der Waals surface area contributed by atoms with E-state index in [0.717, 1.165) is 0 Å². The Morgan fingerprint density at radius 2 is 2.08 bits per heavy atom. The number of nitrogens with two attached hydrogens (primary N) is 1. The Labute approximate surface area is 70.8 Å². The standard InChI is InChI=1S/C9H12FNO/c10-9-4-2-1-3-7(9)5-8(11)6-12/h1-4,8,12H,5-6,11H2. The van der Waals surface area contributed by atoms with Crippen molar-refractivity contribution in [1.82, 2.24) is 0 Å². The normalized spacial score (nSPS) is 12.9. The number of rotatable bonds is 3. The average molecular weight is 169 g/mol. The van der Waals surface area contributed by atoms with E-state index in [1.165, 1.54) is 6.07 Å². The van der Waals surface area contributed by atoms with Gasteiger partial charge >= 0.3 is 0 Å². The van der Waals surface area contributed by atoms with Crippen LogP contribution in [0.25, 0.3) is 0 Å². The Balaban J connectivity index is 2.69. The maximum absolute atomic E-state index is 12.9. The highest BCUT2D eigenvalue weighted by Gasteiger charge is 2.05. The molecule has 1 atom stereocenters. The molecule has 0 aliphatic heterocycles. The molecule has 2 nitrogen and oxygen atoms in total. The van der Waals surface area contributed by atoms with Gasteiger partial charge in [0.05, 0.1) is 6.61 Å². The van der Waals surface area contributed by atoms with Gasteiger partial charge in [-0.05, 0) is 18.1 Å². The molecule has 3 N–H and O–H groups in total. The molecule has 0 spiro atoms. The van der Waals surface area contributed by atoms with Gasteiger partial charge in [0.15, 0.2) is 0 Å². The van der Waals surface area contributed by atoms with E-state index < -0.39 is 0 Å². The molecule has 0 aromatic heterocycles. The van der Waals surface area contributed by atoms with E-state index in [9.17, 15) is 4.39 Å². The van der Waals surface area contributed by atoms with Crippen molar-refractivity contribution >= 4 is 0 Å². The van der Waals surface area contributed by atoms with Crippen LogP contribution in [0.15, 0.2) is 24.3 Å². The molecule has 0 amide bonds. The van der Waals surface area contributed by atoms with Gasteiger partial charge in [-0.15, -0.1) is 0 Å². The van der Waals surface area contributed by atoms with Gasteiger partial charge in [-0.3, -0.25) is 0 Å². The second kappa shape index (κ2) is 4.18. The van der Waals surface area contributed by atoms with Crippen molar-refractivity contribution in [1.29, 1.82) is 0 Å². The molecule has 3 heteroatoms. The summed E-state index contributed by atoms with van der Waals surface area (Å²) in [6.45, 7) is -0.117. The molecule has 66 valence electrons. The van der Waals surface area contributed by atoms with Gasteiger partial charge in [-0.1, -0.05) is 18.2 Å². The second-order valence-corrected chi connectivity index (χ2v) is 2.74. The van der Waals surface area contributed by atoms with Gasteiger partial charge < -0.3 is 10.8 Å². The Morgan fingerprint density at radius 3 is 2.67 bits per heavy atom. The summed E-state index contributed by atoms with van der Waals surface area (Å²) in [5.41, 5.74) is 6.01. The first-order valence-corrected chi connectivity index (χ1v) is 3.84. The van der Waals surface area contributed by atoms with Crippen molar-refractivity contribution in [2.45, 2.75) is 12.5 Å². The van der Waals surface area contributed by atoms with E-state index in [4.69, 9.17) is 10.8 Å². The Hall–Kier alpha value is -0.930. The summed E-state index contributed by atoms with van der Waals surface area (Å²) in [6.07, 6.45) is 0.378. The molecular formula is C9H12FNO. The van der Waals surface area contributed by atoms with Crippen LogP contribution in [-0.2, 0) is 6.42 Å². The molecule has 0 aliphatic carbocycles. The lowest BCUT2D eigenvalue weighted by Gasteiger charge is -2.07. The molecule has 1 unspecified atom stereocenters. The van der Waals surface area contributed by atoms with E-state index >= 15 is 0 Å². The number of hydrogen-bond donors (Lipinski definition) is 2. The third-order valence-corrected chi connectivity index (χ3v) is 1.67. The molecule has 0 saturated carbocycles. The third-order valence-electron chi connectivity index (χ3n) is 1.67. The first kappa shape index (κ1) is 9.16. The van der Waals surface area contributed by atoms with Gasteiger partial charge in [0.1, 0.15) is 5.82 Å². The van der Waals surface area contributed by atoms with Gasteiger partial charge in [0.2, 0.25) is 0 Å². The molecule has 0 aliphatic rings. The van der Waals surface area contributed by atoms with Crippen LogP contribution in [0.4, 0.5) is 4.39 Å². The second-order valence-electron chi connectivity index (χ2n) is 2.74. The fraction of sp³-hybridized carbons (Fsp3) is 0.333. The topological polar surface area (TPSA) is 46.2 Å². The minimum atomic E-state index is -0.373. The smallest absolute Gasteiger partial charge is 0.126 e. The van der Waals surface area contributed by atoms with Crippen molar-refractivity contribution in [3.63, 3.8) is 0 Å². The van der Waals surface area contributed by atoms with Crippen LogP contribution in [0.1, 0.15) is 5.56 Å². The van der Waals surface area contributed by atoms with Crippen molar-refractivity contribution in [3.8, 4) is 0 Å². The highest BCUT2D eigenvalue weighted by atomic mass is 19.1. The number of aliphatic hydroxyl groups is 1. The lowest BCUT2D eigenvalue weighted by molar-refractivity contribution is 0.264. The number of benzene rings is 1. The van der Waals surface area contributed by atoms with Crippen LogP contribution in [0, 0.1) is 5.82 Å². The first-order valence-electron chi connectivity index (χ1n) is 3.84. The lowest BCUT2D eigenvalue weighted by atomic mass is 10.1. The van der Waals surface area contributed by atoms with E-state index in [-0.39, 0.29) is 18.5 Å². The van der Waals surface area contributed by atoms with Gasteiger partial charge in [0, 0.05) is 6.04 Å². The maximum atomic E-state index is 12.9. The quantitative estimate of drug-likeness (QED) is 0.699. The highest BCUT2D eigenvalue weighted by molar-refractivity contribution is 5.18. The molecular weight excluding hydrogens is 157 g/mol. The SMILES string of the molecule is NC(CO)Cc1ccccc1F. The predicted octanol–water partition coefficient (Wildman–Crippen LogP) is 0.688. The summed E-state index contributed by atoms with van der Waals surface area (Å²) < 4.78 is 12.9. The molecule has 0 saturated heterocycles. The van der Waals surface area contributed by atoms with E-state index in [1.807, 2.05) is 0 Å². The van der Waals surface area contributed by atoms with E-state index in [2.05, 4.69) is 0 Å². The largest absolute Gasteiger partial charge is 0.395 e. The van der Waals surface area contributed by atoms with E-state index in [1.54, 1.807) is 18.2 Å². The summed E-state index contributed by atoms with van der Waals surface area (Å²) in [7, 11) is 0. The fourth-order valence-electron chi connectivity index (χ4n) is 1.01. The van der Waals surface area contributed by atoms with Crippen molar-refractivity contribution in [2.24, 2.45) is 5.73 Å². The summed E-state index contributed by atoms with van der Waals surface area (Å²) >= 11 is 0. The zero-order valence-corrected chi connectivity index (χ0v) is 6.70. The molecule has 0 bridgehead atoms. The molecule has 12 heavy (non-hydrogen) atoms. The fourth-order valence-corrected chi connectivity index (χ4v) is 1.01. The zero-order chi connectivity index (χ0) is 8.97. The minimum Gasteiger partial charge on any atom is -0.395 e. The number of hydrogen-bond acceptors (Lipinski definition) is 2. The van der Waals surface area contributed by atoms with Crippen LogP contribution >= 0.6 is 0 Å². The summed E-state index contributed by atoms with van der Waals surface area (Å²) in [4.78, 5) is 0. The molecule has 1 aromatic carbocycles. The van der Waals surface area contributed by atoms with Crippen LogP contribution in [-0.4, -0.2) is 17.8 Å². The van der Waals surface area contributed by atoms with Crippen molar-refractivity contribution < 1.29 is 9.50 Å². The zero-order valence-electron chi connectivity index (χ0n) is 6.70. The third kappa shape index (κ3) is 2.29. The minimum absolute atomic E-state index is 0.117. The molecule has 0 fully saturated rings. The van der Waals surface area contributed by atoms with Gasteiger partial charge in [-0.2, -0.15) is 0 Å². The Kier molecular flexibility index (Phi) is 3.19.